The smallest absolute Gasteiger partial charge is 0.368 e. The predicted octanol–water partition coefficient (Wildman–Crippen LogP) is 4.70. The first-order valence-corrected chi connectivity index (χ1v) is 15.1. The van der Waals surface area contributed by atoms with Crippen LogP contribution in [0.2, 0.25) is 0 Å². The van der Waals surface area contributed by atoms with E-state index in [1.54, 1.807) is 18.2 Å². The molecule has 1 aromatic heterocycles. The van der Waals surface area contributed by atoms with E-state index in [0.29, 0.717) is 23.3 Å². The molecule has 2 atom stereocenters. The number of nitrogens with one attached hydrogen (secondary N) is 2. The monoisotopic (exact) mass is 571 g/mol. The molecule has 0 saturated carbocycles. The second-order valence-corrected chi connectivity index (χ2v) is 12.6. The summed E-state index contributed by atoms with van der Waals surface area (Å²) in [5.41, 5.74) is -4.50. The summed E-state index contributed by atoms with van der Waals surface area (Å²) in [6.45, 7) is 7.70. The highest BCUT2D eigenvalue weighted by Gasteiger charge is 2.44. The molecule has 0 fully saturated rings. The lowest BCUT2D eigenvalue weighted by atomic mass is 10.2. The van der Waals surface area contributed by atoms with Crippen LogP contribution in [0.15, 0.2) is 74.8 Å². The van der Waals surface area contributed by atoms with Crippen molar-refractivity contribution in [1.82, 2.24) is 14.6 Å². The van der Waals surface area contributed by atoms with Gasteiger partial charge in [-0.1, -0.05) is 32.0 Å². The van der Waals surface area contributed by atoms with Gasteiger partial charge in [-0.25, -0.2) is 26.7 Å². The second-order valence-electron chi connectivity index (χ2n) is 8.62. The molecule has 0 aliphatic heterocycles. The van der Waals surface area contributed by atoms with Gasteiger partial charge in [-0.15, -0.1) is 0 Å². The lowest BCUT2D eigenvalue weighted by molar-refractivity contribution is -0.0403. The number of benzene rings is 2. The second kappa shape index (κ2) is 12.4. The van der Waals surface area contributed by atoms with Crippen LogP contribution in [0.4, 0.5) is 19.0 Å². The average molecular weight is 572 g/mol. The van der Waals surface area contributed by atoms with Crippen LogP contribution in [0, 0.1) is 0 Å². The van der Waals surface area contributed by atoms with E-state index < -0.39 is 25.3 Å². The van der Waals surface area contributed by atoms with Crippen molar-refractivity contribution in [2.75, 3.05) is 38.0 Å². The van der Waals surface area contributed by atoms with Crippen LogP contribution in [0.25, 0.3) is 10.9 Å². The van der Waals surface area contributed by atoms with E-state index in [0.717, 1.165) is 25.2 Å². The van der Waals surface area contributed by atoms with Gasteiger partial charge >= 0.3 is 5.51 Å². The summed E-state index contributed by atoms with van der Waals surface area (Å²) in [6.07, 6.45) is 0. The van der Waals surface area contributed by atoms with E-state index in [1.165, 1.54) is 30.3 Å². The summed E-state index contributed by atoms with van der Waals surface area (Å²) in [5.74, 6) is 0.368. The third kappa shape index (κ3) is 7.22. The number of rotatable bonds is 12. The molecular weight excluding hydrogens is 539 g/mol. The van der Waals surface area contributed by atoms with Crippen molar-refractivity contribution in [2.45, 2.75) is 42.1 Å². The van der Waals surface area contributed by atoms with Crippen LogP contribution in [0.5, 0.6) is 0 Å². The fraction of sp³-hybridized carbons (Fsp3) is 0.400. The van der Waals surface area contributed by atoms with Crippen LogP contribution in [0.1, 0.15) is 20.8 Å². The van der Waals surface area contributed by atoms with Gasteiger partial charge in [-0.3, -0.25) is 0 Å². The molecule has 0 aliphatic carbocycles. The van der Waals surface area contributed by atoms with Gasteiger partial charge in [0.25, 0.3) is 0 Å². The molecule has 2 aromatic carbocycles. The highest BCUT2D eigenvalue weighted by molar-refractivity contribution is 7.94. The lowest BCUT2D eigenvalue weighted by Crippen LogP contribution is -2.41. The van der Waals surface area contributed by atoms with Gasteiger partial charge in [0, 0.05) is 24.5 Å². The highest BCUT2D eigenvalue weighted by atomic mass is 32.2. The molecule has 3 aromatic rings. The van der Waals surface area contributed by atoms with E-state index in [2.05, 4.69) is 24.3 Å². The molecular formula is C25H32F3N5O3S2. The fourth-order valence-corrected chi connectivity index (χ4v) is 6.56. The summed E-state index contributed by atoms with van der Waals surface area (Å²) >= 11 is 0. The minimum Gasteiger partial charge on any atom is -0.368 e. The Labute approximate surface area is 221 Å². The van der Waals surface area contributed by atoms with E-state index in [1.807, 2.05) is 20.8 Å². The number of nitrogens with zero attached hydrogens (tertiary/aromatic N) is 3. The minimum atomic E-state index is -5.01. The molecule has 38 heavy (non-hydrogen) atoms. The number of alkyl halides is 3. The molecule has 0 amide bonds. The first kappa shape index (κ1) is 29.8. The van der Waals surface area contributed by atoms with Crippen molar-refractivity contribution in [3.05, 3.63) is 60.7 Å². The quantitative estimate of drug-likeness (QED) is 0.306. The highest BCUT2D eigenvalue weighted by Crippen LogP contribution is 2.32. The zero-order chi connectivity index (χ0) is 28.0. The SMILES string of the molecule is CCN(CC)CC(C)NS(=O)(=O)c1ccc2nc(NCCN=S(=O)(c3ccccc3)C(F)(F)F)ccc2c1. The molecule has 0 spiro atoms. The molecule has 0 saturated heterocycles. The van der Waals surface area contributed by atoms with Crippen molar-refractivity contribution in [1.29, 1.82) is 0 Å². The number of pyridine rings is 1. The Morgan fingerprint density at radius 1 is 0.974 bits per heavy atom. The van der Waals surface area contributed by atoms with Crippen molar-refractivity contribution in [3.8, 4) is 0 Å². The summed E-state index contributed by atoms with van der Waals surface area (Å²) in [5, 5.41) is 3.47. The summed E-state index contributed by atoms with van der Waals surface area (Å²) < 4.78 is 85.2. The van der Waals surface area contributed by atoms with Crippen molar-refractivity contribution in [3.63, 3.8) is 0 Å². The maximum Gasteiger partial charge on any atom is 0.483 e. The van der Waals surface area contributed by atoms with Gasteiger partial charge in [0.05, 0.1) is 21.9 Å². The third-order valence-corrected chi connectivity index (χ3v) is 9.49. The Morgan fingerprint density at radius 3 is 2.29 bits per heavy atom. The number of aromatic nitrogens is 1. The minimum absolute atomic E-state index is 0.0286. The largest absolute Gasteiger partial charge is 0.483 e. The molecule has 0 aliphatic rings. The Hall–Kier alpha value is -2.74. The van der Waals surface area contributed by atoms with Gasteiger partial charge in [-0.05, 0) is 62.5 Å². The van der Waals surface area contributed by atoms with Crippen LogP contribution in [-0.4, -0.2) is 66.8 Å². The number of hydrogen-bond donors (Lipinski definition) is 2. The third-order valence-electron chi connectivity index (χ3n) is 5.82. The van der Waals surface area contributed by atoms with Crippen LogP contribution in [0.3, 0.4) is 0 Å². The zero-order valence-corrected chi connectivity index (χ0v) is 23.0. The predicted molar refractivity (Wildman–Crippen MR) is 144 cm³/mol. The first-order chi connectivity index (χ1) is 17.9. The Kier molecular flexibility index (Phi) is 9.74. The zero-order valence-electron chi connectivity index (χ0n) is 21.4. The summed E-state index contributed by atoms with van der Waals surface area (Å²) in [7, 11) is -8.35. The number of halogens is 3. The molecule has 0 bridgehead atoms. The Morgan fingerprint density at radius 2 is 1.66 bits per heavy atom. The van der Waals surface area contributed by atoms with E-state index in [-0.39, 0.29) is 28.9 Å². The number of hydrogen-bond acceptors (Lipinski definition) is 7. The number of likely N-dealkylation sites (N-methyl/N-ethyl adjacent to an activating group) is 1. The Bertz CT molecular complexity index is 1450. The fourth-order valence-electron chi connectivity index (χ4n) is 3.85. The van der Waals surface area contributed by atoms with Crippen LogP contribution in [-0.2, 0) is 19.8 Å². The lowest BCUT2D eigenvalue weighted by Gasteiger charge is -2.23. The molecule has 0 radical (unpaired) electrons. The van der Waals surface area contributed by atoms with Gasteiger partial charge < -0.3 is 10.2 Å². The number of anilines is 1. The summed E-state index contributed by atoms with van der Waals surface area (Å²) in [6, 6.07) is 14.1. The molecule has 208 valence electrons. The molecule has 8 nitrogen and oxygen atoms in total. The molecule has 1 heterocycles. The molecule has 2 unspecified atom stereocenters. The molecule has 2 N–H and O–H groups in total. The molecule has 3 rings (SSSR count). The van der Waals surface area contributed by atoms with Crippen LogP contribution >= 0.6 is 0 Å². The maximum absolute atomic E-state index is 13.5. The van der Waals surface area contributed by atoms with E-state index in [9.17, 15) is 25.8 Å². The van der Waals surface area contributed by atoms with Gasteiger partial charge in [0.15, 0.2) is 9.73 Å². The van der Waals surface area contributed by atoms with Gasteiger partial charge in [0.2, 0.25) is 10.0 Å². The van der Waals surface area contributed by atoms with Crippen molar-refractivity contribution >= 4 is 36.5 Å². The standard InChI is InChI=1S/C25H32F3N5O3S2/c1-4-33(5-2)18-19(3)32-38(35,36)22-12-13-23-20(17-22)11-14-24(31-23)29-15-16-30-37(34,25(26,27)28)21-9-7-6-8-10-21/h6-14,17,19,32H,4-5,15-16,18H2,1-3H3,(H,29,31). The van der Waals surface area contributed by atoms with Crippen LogP contribution < -0.4 is 10.0 Å². The summed E-state index contributed by atoms with van der Waals surface area (Å²) in [4.78, 5) is 6.24. The first-order valence-electron chi connectivity index (χ1n) is 12.1. The average Bonchev–Trinajstić information content (AvgIpc) is 2.88. The van der Waals surface area contributed by atoms with Gasteiger partial charge in [0.1, 0.15) is 5.82 Å². The molecule has 13 heteroatoms. The van der Waals surface area contributed by atoms with Crippen molar-refractivity contribution in [2.24, 2.45) is 4.36 Å². The number of fused-ring (bicyclic) bond motifs is 1. The maximum atomic E-state index is 13.5. The normalized spacial score (nSPS) is 14.8. The van der Waals surface area contributed by atoms with Crippen molar-refractivity contribution < 1.29 is 25.8 Å². The topological polar surface area (TPSA) is 104 Å². The number of sulfonamides is 1. The van der Waals surface area contributed by atoms with E-state index >= 15 is 0 Å². The van der Waals surface area contributed by atoms with Gasteiger partial charge in [-0.2, -0.15) is 13.2 Å². The Balaban J connectivity index is 1.70. The van der Waals surface area contributed by atoms with E-state index in [4.69, 9.17) is 0 Å².